The van der Waals surface area contributed by atoms with E-state index in [1.165, 1.54) is 0 Å². The molecule has 0 aromatic heterocycles. The van der Waals surface area contributed by atoms with E-state index >= 15 is 0 Å². The van der Waals surface area contributed by atoms with Crippen molar-refractivity contribution in [1.29, 1.82) is 0 Å². The standard InChI is InChI=1S/C5H10O2.C3H7N3.C2H4/c6-5-2-1-3-7-4-5;1-5-3(4)6-2;1-2/h5-6H,1-4H2;1H2,2H3,(H2,4,6);1-2H2. The van der Waals surface area contributed by atoms with Gasteiger partial charge in [0.1, 0.15) is 0 Å². The molecule has 1 atom stereocenters. The van der Waals surface area contributed by atoms with Gasteiger partial charge in [-0.2, -0.15) is 0 Å². The molecule has 1 saturated heterocycles. The molecule has 5 heteroatoms. The number of aliphatic imine (C=N–C) groups is 2. The first-order valence-corrected chi connectivity index (χ1v) is 4.65. The Balaban J connectivity index is 0. The van der Waals surface area contributed by atoms with Crippen LogP contribution in [0, 0.1) is 0 Å². The number of rotatable bonds is 0. The third kappa shape index (κ3) is 12.8. The molecule has 0 aromatic rings. The number of aliphatic hydroxyl groups is 1. The Hall–Kier alpha value is -1.20. The van der Waals surface area contributed by atoms with Crippen molar-refractivity contribution in [2.75, 3.05) is 20.3 Å². The van der Waals surface area contributed by atoms with E-state index in [0.29, 0.717) is 6.61 Å². The predicted octanol–water partition coefficient (Wildman–Crippen LogP) is 0.591. The van der Waals surface area contributed by atoms with E-state index in [2.05, 4.69) is 29.9 Å². The van der Waals surface area contributed by atoms with Gasteiger partial charge in [-0.15, -0.1) is 13.2 Å². The van der Waals surface area contributed by atoms with Crippen molar-refractivity contribution in [3.8, 4) is 0 Å². The maximum Gasteiger partial charge on any atom is 0.214 e. The zero-order valence-corrected chi connectivity index (χ0v) is 9.35. The van der Waals surface area contributed by atoms with Gasteiger partial charge in [-0.05, 0) is 19.6 Å². The molecule has 0 amide bonds. The van der Waals surface area contributed by atoms with Crippen LogP contribution in [-0.4, -0.2) is 44.1 Å². The van der Waals surface area contributed by atoms with E-state index in [-0.39, 0.29) is 12.1 Å². The molecule has 1 aliphatic rings. The minimum Gasteiger partial charge on any atom is -0.391 e. The zero-order chi connectivity index (χ0) is 12.1. The Kier molecular flexibility index (Phi) is 13.9. The number of aliphatic hydroxyl groups excluding tert-OH is 1. The van der Waals surface area contributed by atoms with Gasteiger partial charge in [0.25, 0.3) is 0 Å². The van der Waals surface area contributed by atoms with Crippen molar-refractivity contribution in [2.45, 2.75) is 18.9 Å². The molecule has 1 rings (SSSR count). The third-order valence-electron chi connectivity index (χ3n) is 1.53. The minimum atomic E-state index is -0.186. The van der Waals surface area contributed by atoms with Crippen LogP contribution < -0.4 is 5.73 Å². The fourth-order valence-electron chi connectivity index (χ4n) is 0.794. The summed E-state index contributed by atoms with van der Waals surface area (Å²) >= 11 is 0. The number of nitrogens with zero attached hydrogens (tertiary/aromatic N) is 2. The van der Waals surface area contributed by atoms with Crippen LogP contribution in [0.3, 0.4) is 0 Å². The second-order valence-electron chi connectivity index (χ2n) is 2.61. The smallest absolute Gasteiger partial charge is 0.214 e. The number of hydrogen-bond donors (Lipinski definition) is 2. The Morgan fingerprint density at radius 1 is 1.53 bits per heavy atom. The number of guanidine groups is 1. The van der Waals surface area contributed by atoms with Gasteiger partial charge in [-0.3, -0.25) is 4.99 Å². The lowest BCUT2D eigenvalue weighted by Crippen LogP contribution is -2.21. The predicted molar refractivity (Wildman–Crippen MR) is 64.4 cm³/mol. The Morgan fingerprint density at radius 2 is 2.13 bits per heavy atom. The van der Waals surface area contributed by atoms with Crippen molar-refractivity contribution < 1.29 is 9.84 Å². The molecule has 3 N–H and O–H groups in total. The average Bonchev–Trinajstić information content (AvgIpc) is 2.32. The first kappa shape index (κ1) is 16.2. The summed E-state index contributed by atoms with van der Waals surface area (Å²) in [5.74, 6) is 0.231. The zero-order valence-electron chi connectivity index (χ0n) is 9.35. The molecule has 88 valence electrons. The summed E-state index contributed by atoms with van der Waals surface area (Å²) in [6.07, 6.45) is 1.75. The van der Waals surface area contributed by atoms with Gasteiger partial charge in [0.15, 0.2) is 0 Å². The van der Waals surface area contributed by atoms with E-state index in [4.69, 9.17) is 15.6 Å². The van der Waals surface area contributed by atoms with Crippen molar-refractivity contribution in [1.82, 2.24) is 0 Å². The van der Waals surface area contributed by atoms with Gasteiger partial charge in [-0.25, -0.2) is 4.99 Å². The molecular formula is C10H21N3O2. The SMILES string of the molecule is C=C.C=NC(N)=NC.OC1CCCOC1. The fourth-order valence-corrected chi connectivity index (χ4v) is 0.794. The van der Waals surface area contributed by atoms with E-state index in [9.17, 15) is 0 Å². The monoisotopic (exact) mass is 215 g/mol. The minimum absolute atomic E-state index is 0.186. The van der Waals surface area contributed by atoms with E-state index in [1.54, 1.807) is 7.05 Å². The van der Waals surface area contributed by atoms with Crippen LogP contribution in [0.25, 0.3) is 0 Å². The highest BCUT2D eigenvalue weighted by Crippen LogP contribution is 2.03. The molecule has 1 fully saturated rings. The first-order chi connectivity index (χ1) is 7.20. The average molecular weight is 215 g/mol. The molecule has 0 aromatic carbocycles. The van der Waals surface area contributed by atoms with Gasteiger partial charge in [0, 0.05) is 13.7 Å². The summed E-state index contributed by atoms with van der Waals surface area (Å²) < 4.78 is 4.93. The second-order valence-corrected chi connectivity index (χ2v) is 2.61. The fraction of sp³-hybridized carbons (Fsp3) is 0.600. The van der Waals surface area contributed by atoms with Crippen LogP contribution in [0.5, 0.6) is 0 Å². The molecule has 15 heavy (non-hydrogen) atoms. The molecule has 0 aliphatic carbocycles. The van der Waals surface area contributed by atoms with Gasteiger partial charge in [0.2, 0.25) is 5.96 Å². The molecular weight excluding hydrogens is 194 g/mol. The highest BCUT2D eigenvalue weighted by Gasteiger charge is 2.07. The molecule has 0 radical (unpaired) electrons. The van der Waals surface area contributed by atoms with Crippen LogP contribution in [0.15, 0.2) is 23.1 Å². The highest BCUT2D eigenvalue weighted by atomic mass is 16.5. The number of ether oxygens (including phenoxy) is 1. The normalized spacial score (nSPS) is 20.1. The Labute approximate surface area is 91.4 Å². The van der Waals surface area contributed by atoms with Crippen molar-refractivity contribution in [2.24, 2.45) is 15.7 Å². The van der Waals surface area contributed by atoms with E-state index in [0.717, 1.165) is 19.4 Å². The topological polar surface area (TPSA) is 80.2 Å². The summed E-state index contributed by atoms with van der Waals surface area (Å²) in [4.78, 5) is 6.76. The molecule has 1 heterocycles. The summed E-state index contributed by atoms with van der Waals surface area (Å²) in [5, 5.41) is 8.78. The highest BCUT2D eigenvalue weighted by molar-refractivity contribution is 5.81. The van der Waals surface area contributed by atoms with Crippen LogP contribution in [0.2, 0.25) is 0 Å². The molecule has 0 spiro atoms. The molecule has 5 nitrogen and oxygen atoms in total. The summed E-state index contributed by atoms with van der Waals surface area (Å²) in [6.45, 7) is 10.5. The van der Waals surface area contributed by atoms with Crippen molar-refractivity contribution in [3.05, 3.63) is 13.2 Å². The van der Waals surface area contributed by atoms with Crippen molar-refractivity contribution in [3.63, 3.8) is 0 Å². The Bertz CT molecular complexity index is 178. The van der Waals surface area contributed by atoms with E-state index < -0.39 is 0 Å². The molecule has 0 saturated carbocycles. The summed E-state index contributed by atoms with van der Waals surface area (Å²) in [6, 6.07) is 0. The molecule has 1 aliphatic heterocycles. The number of nitrogens with two attached hydrogens (primary N) is 1. The lowest BCUT2D eigenvalue weighted by atomic mass is 10.2. The maximum atomic E-state index is 8.78. The third-order valence-corrected chi connectivity index (χ3v) is 1.53. The second kappa shape index (κ2) is 12.8. The van der Waals surface area contributed by atoms with Crippen LogP contribution >= 0.6 is 0 Å². The summed E-state index contributed by atoms with van der Waals surface area (Å²) in [7, 11) is 1.56. The molecule has 0 bridgehead atoms. The van der Waals surface area contributed by atoms with Crippen molar-refractivity contribution >= 4 is 12.7 Å². The lowest BCUT2D eigenvalue weighted by molar-refractivity contribution is -0.00535. The lowest BCUT2D eigenvalue weighted by Gasteiger charge is -2.15. The van der Waals surface area contributed by atoms with E-state index in [1.807, 2.05) is 0 Å². The first-order valence-electron chi connectivity index (χ1n) is 4.65. The quantitative estimate of drug-likeness (QED) is 0.352. The van der Waals surface area contributed by atoms with Gasteiger partial charge < -0.3 is 15.6 Å². The van der Waals surface area contributed by atoms with Crippen LogP contribution in [0.4, 0.5) is 0 Å². The number of hydrogen-bond acceptors (Lipinski definition) is 3. The van der Waals surface area contributed by atoms with Gasteiger partial charge in [-0.1, -0.05) is 0 Å². The maximum absolute atomic E-state index is 8.78. The van der Waals surface area contributed by atoms with Gasteiger partial charge in [0.05, 0.1) is 12.7 Å². The Morgan fingerprint density at radius 3 is 2.27 bits per heavy atom. The largest absolute Gasteiger partial charge is 0.391 e. The summed E-state index contributed by atoms with van der Waals surface area (Å²) in [5.41, 5.74) is 4.99. The van der Waals surface area contributed by atoms with Crippen LogP contribution in [0.1, 0.15) is 12.8 Å². The molecule has 1 unspecified atom stereocenters. The van der Waals surface area contributed by atoms with Gasteiger partial charge >= 0.3 is 0 Å². The van der Waals surface area contributed by atoms with Crippen LogP contribution in [-0.2, 0) is 4.74 Å².